The van der Waals surface area contributed by atoms with E-state index in [2.05, 4.69) is 4.74 Å². The Morgan fingerprint density at radius 1 is 1.37 bits per heavy atom. The quantitative estimate of drug-likeness (QED) is 0.872. The number of anilines is 1. The van der Waals surface area contributed by atoms with Crippen LogP contribution < -0.4 is 5.32 Å². The van der Waals surface area contributed by atoms with E-state index >= 15 is 0 Å². The summed E-state index contributed by atoms with van der Waals surface area (Å²) < 4.78 is 40.5. The fraction of sp³-hybridized carbons (Fsp3) is 0.273. The van der Waals surface area contributed by atoms with E-state index in [0.29, 0.717) is 0 Å². The van der Waals surface area contributed by atoms with Crippen molar-refractivity contribution in [3.05, 3.63) is 28.8 Å². The van der Waals surface area contributed by atoms with Crippen molar-refractivity contribution in [1.82, 2.24) is 0 Å². The van der Waals surface area contributed by atoms with Gasteiger partial charge in [0.2, 0.25) is 5.91 Å². The number of esters is 1. The van der Waals surface area contributed by atoms with Crippen LogP contribution in [0.5, 0.6) is 0 Å². The van der Waals surface area contributed by atoms with Gasteiger partial charge in [-0.25, -0.2) is 4.79 Å². The van der Waals surface area contributed by atoms with E-state index in [0.717, 1.165) is 7.11 Å². The van der Waals surface area contributed by atoms with Crippen LogP contribution >= 0.6 is 11.6 Å². The highest BCUT2D eigenvalue weighted by atomic mass is 35.5. The second-order valence-electron chi connectivity index (χ2n) is 3.49. The first kappa shape index (κ1) is 15.3. The number of benzene rings is 1. The van der Waals surface area contributed by atoms with Crippen molar-refractivity contribution in [2.75, 3.05) is 12.4 Å². The van der Waals surface area contributed by atoms with Crippen LogP contribution in [0.25, 0.3) is 0 Å². The van der Waals surface area contributed by atoms with E-state index in [1.54, 1.807) is 0 Å². The van der Waals surface area contributed by atoms with Gasteiger partial charge in [-0.15, -0.1) is 0 Å². The predicted octanol–water partition coefficient (Wildman–Crippen LogP) is 3.02. The molecule has 1 aromatic rings. The van der Waals surface area contributed by atoms with E-state index in [1.165, 1.54) is 18.2 Å². The van der Waals surface area contributed by atoms with Gasteiger partial charge in [0, 0.05) is 0 Å². The highest BCUT2D eigenvalue weighted by Gasteiger charge is 2.31. The zero-order valence-electron chi connectivity index (χ0n) is 9.68. The maximum Gasteiger partial charge on any atom is 0.397 e. The van der Waals surface area contributed by atoms with Gasteiger partial charge in [-0.2, -0.15) is 13.2 Å². The lowest BCUT2D eigenvalue weighted by atomic mass is 10.1. The van der Waals surface area contributed by atoms with Crippen molar-refractivity contribution in [3.8, 4) is 0 Å². The Bertz CT molecular complexity index is 502. The summed E-state index contributed by atoms with van der Waals surface area (Å²) in [6.45, 7) is 0. The molecule has 1 rings (SSSR count). The summed E-state index contributed by atoms with van der Waals surface area (Å²) in [5, 5.41) is 1.95. The molecule has 0 spiro atoms. The molecule has 104 valence electrons. The second-order valence-corrected chi connectivity index (χ2v) is 3.90. The number of hydrogen-bond donors (Lipinski definition) is 1. The number of carbonyl (C=O) groups is 2. The van der Waals surface area contributed by atoms with E-state index in [9.17, 15) is 22.8 Å². The Hall–Kier alpha value is -1.76. The summed E-state index contributed by atoms with van der Waals surface area (Å²) in [4.78, 5) is 22.6. The third-order valence-corrected chi connectivity index (χ3v) is 2.35. The number of nitrogens with one attached hydrogen (secondary N) is 1. The van der Waals surface area contributed by atoms with Crippen LogP contribution in [-0.4, -0.2) is 25.2 Å². The number of carbonyl (C=O) groups excluding carboxylic acids is 2. The third kappa shape index (κ3) is 4.44. The van der Waals surface area contributed by atoms with E-state index in [1.807, 2.05) is 5.32 Å². The van der Waals surface area contributed by atoms with Gasteiger partial charge in [0.05, 0.1) is 17.8 Å². The van der Waals surface area contributed by atoms with Gasteiger partial charge < -0.3 is 10.1 Å². The molecule has 0 aromatic heterocycles. The molecule has 19 heavy (non-hydrogen) atoms. The summed E-state index contributed by atoms with van der Waals surface area (Å²) in [5.74, 6) is -2.15. The average Bonchev–Trinajstić information content (AvgIpc) is 2.25. The number of ether oxygens (including phenoxy) is 1. The largest absolute Gasteiger partial charge is 0.465 e. The Balaban J connectivity index is 2.99. The van der Waals surface area contributed by atoms with Gasteiger partial charge in [-0.1, -0.05) is 17.7 Å². The number of hydrogen-bond acceptors (Lipinski definition) is 3. The first-order chi connectivity index (χ1) is 8.74. The Labute approximate surface area is 111 Å². The SMILES string of the molecule is COC(=O)c1c(Cl)cccc1NC(=O)CC(F)(F)F. The number of alkyl halides is 3. The first-order valence-electron chi connectivity index (χ1n) is 4.98. The van der Waals surface area contributed by atoms with Crippen molar-refractivity contribution in [3.63, 3.8) is 0 Å². The van der Waals surface area contributed by atoms with Crippen molar-refractivity contribution in [2.24, 2.45) is 0 Å². The lowest BCUT2D eigenvalue weighted by Gasteiger charge is -2.12. The van der Waals surface area contributed by atoms with Crippen LogP contribution in [0.1, 0.15) is 16.8 Å². The summed E-state index contributed by atoms with van der Waals surface area (Å²) in [7, 11) is 1.09. The minimum atomic E-state index is -4.63. The Kier molecular flexibility index (Phi) is 4.77. The molecule has 0 aliphatic carbocycles. The van der Waals surface area contributed by atoms with Crippen LogP contribution in [-0.2, 0) is 9.53 Å². The molecule has 0 aliphatic heterocycles. The molecule has 0 saturated heterocycles. The lowest BCUT2D eigenvalue weighted by Crippen LogP contribution is -2.22. The molecule has 1 amide bonds. The van der Waals surface area contributed by atoms with Gasteiger partial charge in [0.15, 0.2) is 0 Å². The van der Waals surface area contributed by atoms with Crippen LogP contribution in [0.15, 0.2) is 18.2 Å². The summed E-state index contributed by atoms with van der Waals surface area (Å²) >= 11 is 5.75. The van der Waals surface area contributed by atoms with Crippen LogP contribution in [0.3, 0.4) is 0 Å². The molecule has 0 heterocycles. The lowest BCUT2D eigenvalue weighted by molar-refractivity contribution is -0.150. The number of amides is 1. The second kappa shape index (κ2) is 5.92. The predicted molar refractivity (Wildman–Crippen MR) is 62.1 cm³/mol. The highest BCUT2D eigenvalue weighted by molar-refractivity contribution is 6.34. The molecule has 0 unspecified atom stereocenters. The molecular weight excluding hydrogens is 287 g/mol. The molecule has 0 atom stereocenters. The monoisotopic (exact) mass is 295 g/mol. The number of rotatable bonds is 3. The molecule has 1 N–H and O–H groups in total. The average molecular weight is 296 g/mol. The number of halogens is 4. The van der Waals surface area contributed by atoms with Crippen LogP contribution in [0.2, 0.25) is 5.02 Å². The van der Waals surface area contributed by atoms with Gasteiger partial charge >= 0.3 is 12.1 Å². The van der Waals surface area contributed by atoms with Gasteiger partial charge in [-0.05, 0) is 12.1 Å². The molecular formula is C11H9ClF3NO3. The Morgan fingerprint density at radius 2 is 2.00 bits per heavy atom. The Morgan fingerprint density at radius 3 is 2.53 bits per heavy atom. The normalized spacial score (nSPS) is 11.0. The molecule has 1 aromatic carbocycles. The third-order valence-electron chi connectivity index (χ3n) is 2.04. The minimum Gasteiger partial charge on any atom is -0.465 e. The maximum absolute atomic E-state index is 12.0. The molecule has 0 aliphatic rings. The molecule has 0 radical (unpaired) electrons. The molecule has 4 nitrogen and oxygen atoms in total. The maximum atomic E-state index is 12.0. The van der Waals surface area contributed by atoms with Crippen molar-refractivity contribution >= 4 is 29.2 Å². The standard InChI is InChI=1S/C11H9ClF3NO3/c1-19-10(18)9-6(12)3-2-4-7(9)16-8(17)5-11(13,14)15/h2-4H,5H2,1H3,(H,16,17). The van der Waals surface area contributed by atoms with Gasteiger partial charge in [0.1, 0.15) is 12.0 Å². The fourth-order valence-corrected chi connectivity index (χ4v) is 1.57. The summed E-state index contributed by atoms with van der Waals surface area (Å²) in [5.41, 5.74) is -0.323. The van der Waals surface area contributed by atoms with Gasteiger partial charge in [-0.3, -0.25) is 4.79 Å². The van der Waals surface area contributed by atoms with Crippen molar-refractivity contribution < 1.29 is 27.5 Å². The molecule has 8 heteroatoms. The fourth-order valence-electron chi connectivity index (χ4n) is 1.31. The van der Waals surface area contributed by atoms with E-state index < -0.39 is 24.5 Å². The van der Waals surface area contributed by atoms with Gasteiger partial charge in [0.25, 0.3) is 0 Å². The summed E-state index contributed by atoms with van der Waals surface area (Å²) in [6, 6.07) is 4.00. The van der Waals surface area contributed by atoms with Crippen molar-refractivity contribution in [1.29, 1.82) is 0 Å². The van der Waals surface area contributed by atoms with Crippen LogP contribution in [0.4, 0.5) is 18.9 Å². The smallest absolute Gasteiger partial charge is 0.397 e. The minimum absolute atomic E-state index is 0.0309. The first-order valence-corrected chi connectivity index (χ1v) is 5.36. The summed E-state index contributed by atoms with van der Waals surface area (Å²) in [6.07, 6.45) is -6.28. The highest BCUT2D eigenvalue weighted by Crippen LogP contribution is 2.26. The van der Waals surface area contributed by atoms with Crippen molar-refractivity contribution in [2.45, 2.75) is 12.6 Å². The van der Waals surface area contributed by atoms with E-state index in [4.69, 9.17) is 11.6 Å². The molecule has 0 fully saturated rings. The molecule has 0 saturated carbocycles. The number of methoxy groups -OCH3 is 1. The molecule has 0 bridgehead atoms. The zero-order valence-corrected chi connectivity index (χ0v) is 10.4. The van der Waals surface area contributed by atoms with Crippen LogP contribution in [0, 0.1) is 0 Å². The zero-order chi connectivity index (χ0) is 14.6. The van der Waals surface area contributed by atoms with E-state index in [-0.39, 0.29) is 16.3 Å². The topological polar surface area (TPSA) is 55.4 Å².